The second-order valence-corrected chi connectivity index (χ2v) is 4.44. The van der Waals surface area contributed by atoms with Gasteiger partial charge in [-0.1, -0.05) is 6.42 Å². The summed E-state index contributed by atoms with van der Waals surface area (Å²) < 4.78 is 31.9. The SMILES string of the molecule is COc1c(F)cc(F)c(O)c1C1(CN)CCC1. The molecule has 1 saturated carbocycles. The van der Waals surface area contributed by atoms with Gasteiger partial charge in [-0.2, -0.15) is 0 Å². The molecule has 2 rings (SSSR count). The van der Waals surface area contributed by atoms with Crippen molar-refractivity contribution in [2.75, 3.05) is 13.7 Å². The first kappa shape index (κ1) is 12.1. The average molecular weight is 243 g/mol. The lowest BCUT2D eigenvalue weighted by Gasteiger charge is -2.42. The number of hydrogen-bond acceptors (Lipinski definition) is 3. The molecule has 0 aliphatic heterocycles. The number of ether oxygens (including phenoxy) is 1. The third kappa shape index (κ3) is 1.65. The average Bonchev–Trinajstić information content (AvgIpc) is 2.24. The maximum atomic E-state index is 13.6. The van der Waals surface area contributed by atoms with E-state index < -0.39 is 22.8 Å². The van der Waals surface area contributed by atoms with Gasteiger partial charge in [-0.25, -0.2) is 8.78 Å². The molecule has 5 heteroatoms. The fraction of sp³-hybridized carbons (Fsp3) is 0.500. The molecular formula is C12H15F2NO2. The van der Waals surface area contributed by atoms with Crippen LogP contribution in [0.3, 0.4) is 0 Å². The van der Waals surface area contributed by atoms with Crippen LogP contribution < -0.4 is 10.5 Å². The monoisotopic (exact) mass is 243 g/mol. The quantitative estimate of drug-likeness (QED) is 0.854. The van der Waals surface area contributed by atoms with Crippen molar-refractivity contribution in [3.63, 3.8) is 0 Å². The van der Waals surface area contributed by atoms with E-state index in [4.69, 9.17) is 10.5 Å². The maximum absolute atomic E-state index is 13.6. The van der Waals surface area contributed by atoms with E-state index in [1.807, 2.05) is 0 Å². The van der Waals surface area contributed by atoms with Gasteiger partial charge in [-0.05, 0) is 12.8 Å². The summed E-state index contributed by atoms with van der Waals surface area (Å²) in [6, 6.07) is 0.626. The Balaban J connectivity index is 2.65. The fourth-order valence-corrected chi connectivity index (χ4v) is 2.44. The van der Waals surface area contributed by atoms with Gasteiger partial charge in [-0.3, -0.25) is 0 Å². The van der Waals surface area contributed by atoms with Gasteiger partial charge in [0.05, 0.1) is 7.11 Å². The van der Waals surface area contributed by atoms with Gasteiger partial charge in [-0.15, -0.1) is 0 Å². The largest absolute Gasteiger partial charge is 0.505 e. The summed E-state index contributed by atoms with van der Waals surface area (Å²) in [5, 5.41) is 9.79. The lowest BCUT2D eigenvalue weighted by Crippen LogP contribution is -2.42. The molecule has 1 aromatic rings. The topological polar surface area (TPSA) is 55.5 Å². The summed E-state index contributed by atoms with van der Waals surface area (Å²) in [5.41, 5.74) is 5.30. The molecule has 1 aromatic carbocycles. The molecule has 0 radical (unpaired) electrons. The van der Waals surface area contributed by atoms with E-state index in [9.17, 15) is 13.9 Å². The van der Waals surface area contributed by atoms with Crippen LogP contribution in [0, 0.1) is 11.6 Å². The number of rotatable bonds is 3. The van der Waals surface area contributed by atoms with E-state index in [-0.39, 0.29) is 17.9 Å². The van der Waals surface area contributed by atoms with Crippen LogP contribution in [0.4, 0.5) is 8.78 Å². The molecule has 1 aliphatic rings. The summed E-state index contributed by atoms with van der Waals surface area (Å²) in [7, 11) is 1.29. The van der Waals surface area contributed by atoms with Crippen molar-refractivity contribution in [3.8, 4) is 11.5 Å². The highest BCUT2D eigenvalue weighted by molar-refractivity contribution is 5.52. The number of benzene rings is 1. The Morgan fingerprint density at radius 1 is 1.41 bits per heavy atom. The van der Waals surface area contributed by atoms with Gasteiger partial charge in [0.1, 0.15) is 0 Å². The smallest absolute Gasteiger partial charge is 0.168 e. The van der Waals surface area contributed by atoms with Gasteiger partial charge >= 0.3 is 0 Å². The zero-order chi connectivity index (χ0) is 12.6. The number of halogens is 2. The van der Waals surface area contributed by atoms with E-state index in [0.717, 1.165) is 6.42 Å². The summed E-state index contributed by atoms with van der Waals surface area (Å²) in [5.74, 6) is -2.43. The molecule has 0 unspecified atom stereocenters. The van der Waals surface area contributed by atoms with Crippen molar-refractivity contribution in [1.82, 2.24) is 0 Å². The van der Waals surface area contributed by atoms with Gasteiger partial charge in [0.25, 0.3) is 0 Å². The van der Waals surface area contributed by atoms with E-state index in [0.29, 0.717) is 18.9 Å². The van der Waals surface area contributed by atoms with E-state index >= 15 is 0 Å². The highest BCUT2D eigenvalue weighted by Crippen LogP contribution is 2.51. The number of hydrogen-bond donors (Lipinski definition) is 2. The number of nitrogens with two attached hydrogens (primary N) is 1. The zero-order valence-electron chi connectivity index (χ0n) is 9.59. The normalized spacial score (nSPS) is 17.6. The second-order valence-electron chi connectivity index (χ2n) is 4.44. The molecule has 17 heavy (non-hydrogen) atoms. The highest BCUT2D eigenvalue weighted by Gasteiger charge is 2.43. The molecule has 1 aliphatic carbocycles. The summed E-state index contributed by atoms with van der Waals surface area (Å²) in [4.78, 5) is 0. The fourth-order valence-electron chi connectivity index (χ4n) is 2.44. The van der Waals surface area contributed by atoms with Crippen LogP contribution in [-0.2, 0) is 5.41 Å². The highest BCUT2D eigenvalue weighted by atomic mass is 19.1. The Kier molecular flexibility index (Phi) is 2.95. The number of phenols is 1. The van der Waals surface area contributed by atoms with Gasteiger partial charge in [0.15, 0.2) is 23.1 Å². The van der Waals surface area contributed by atoms with E-state index in [1.54, 1.807) is 0 Å². The standard InChI is InChI=1S/C12H15F2NO2/c1-17-11-8(14)5-7(13)10(16)9(11)12(6-15)3-2-4-12/h5,16H,2-4,6,15H2,1H3. The van der Waals surface area contributed by atoms with Crippen molar-refractivity contribution in [3.05, 3.63) is 23.3 Å². The maximum Gasteiger partial charge on any atom is 0.168 e. The van der Waals surface area contributed by atoms with Crippen LogP contribution in [0.15, 0.2) is 6.07 Å². The first-order valence-electron chi connectivity index (χ1n) is 5.51. The summed E-state index contributed by atoms with van der Waals surface area (Å²) >= 11 is 0. The Morgan fingerprint density at radius 2 is 2.06 bits per heavy atom. The molecule has 0 saturated heterocycles. The van der Waals surface area contributed by atoms with Gasteiger partial charge in [0, 0.05) is 23.6 Å². The van der Waals surface area contributed by atoms with Crippen molar-refractivity contribution >= 4 is 0 Å². The first-order valence-corrected chi connectivity index (χ1v) is 5.51. The predicted molar refractivity (Wildman–Crippen MR) is 59.2 cm³/mol. The Hall–Kier alpha value is -1.36. The molecule has 3 nitrogen and oxygen atoms in total. The minimum absolute atomic E-state index is 0.103. The Morgan fingerprint density at radius 3 is 2.47 bits per heavy atom. The van der Waals surface area contributed by atoms with Crippen molar-refractivity contribution in [1.29, 1.82) is 0 Å². The Bertz CT molecular complexity index is 439. The predicted octanol–water partition coefficient (Wildman–Crippen LogP) is 2.06. The van der Waals surface area contributed by atoms with Crippen LogP contribution in [0.1, 0.15) is 24.8 Å². The van der Waals surface area contributed by atoms with Crippen LogP contribution in [-0.4, -0.2) is 18.8 Å². The van der Waals surface area contributed by atoms with Crippen molar-refractivity contribution < 1.29 is 18.6 Å². The Labute approximate surface area is 98.2 Å². The molecule has 0 amide bonds. The van der Waals surface area contributed by atoms with Crippen LogP contribution >= 0.6 is 0 Å². The zero-order valence-corrected chi connectivity index (χ0v) is 9.59. The molecule has 3 N–H and O–H groups in total. The van der Waals surface area contributed by atoms with Crippen LogP contribution in [0.5, 0.6) is 11.5 Å². The molecule has 0 heterocycles. The minimum Gasteiger partial charge on any atom is -0.505 e. The molecule has 0 aromatic heterocycles. The first-order chi connectivity index (χ1) is 8.05. The van der Waals surface area contributed by atoms with Crippen molar-refractivity contribution in [2.24, 2.45) is 5.73 Å². The van der Waals surface area contributed by atoms with Gasteiger partial charge < -0.3 is 15.6 Å². The molecule has 0 bridgehead atoms. The molecule has 1 fully saturated rings. The van der Waals surface area contributed by atoms with Crippen molar-refractivity contribution in [2.45, 2.75) is 24.7 Å². The number of methoxy groups -OCH3 is 1. The molecule has 0 spiro atoms. The van der Waals surface area contributed by atoms with E-state index in [1.165, 1.54) is 7.11 Å². The van der Waals surface area contributed by atoms with Crippen LogP contribution in [0.25, 0.3) is 0 Å². The number of aromatic hydroxyl groups is 1. The molecular weight excluding hydrogens is 228 g/mol. The molecule has 94 valence electrons. The van der Waals surface area contributed by atoms with Crippen LogP contribution in [0.2, 0.25) is 0 Å². The van der Waals surface area contributed by atoms with Gasteiger partial charge in [0.2, 0.25) is 0 Å². The summed E-state index contributed by atoms with van der Waals surface area (Å²) in [6.45, 7) is 0.236. The lowest BCUT2D eigenvalue weighted by molar-refractivity contribution is 0.229. The minimum atomic E-state index is -0.974. The second kappa shape index (κ2) is 4.14. The third-order valence-electron chi connectivity index (χ3n) is 3.60. The molecule has 0 atom stereocenters. The lowest BCUT2D eigenvalue weighted by atomic mass is 9.64. The summed E-state index contributed by atoms with van der Waals surface area (Å²) in [6.07, 6.45) is 2.34. The third-order valence-corrected chi connectivity index (χ3v) is 3.60. The number of phenolic OH excluding ortho intramolecular Hbond substituents is 1. The van der Waals surface area contributed by atoms with E-state index in [2.05, 4.69) is 0 Å².